The second-order valence-corrected chi connectivity index (χ2v) is 11.0. The molecule has 0 amide bonds. The van der Waals surface area contributed by atoms with Gasteiger partial charge in [0.2, 0.25) is 0 Å². The van der Waals surface area contributed by atoms with Crippen LogP contribution in [0.2, 0.25) is 0 Å². The zero-order valence-corrected chi connectivity index (χ0v) is 17.7. The molecular weight excluding hydrogens is 436 g/mol. The highest BCUT2D eigenvalue weighted by molar-refractivity contribution is 7.79. The van der Waals surface area contributed by atoms with E-state index in [1.54, 1.807) is 36.4 Å². The maximum atomic E-state index is 11.2. The van der Waals surface area contributed by atoms with Crippen molar-refractivity contribution >= 4 is 62.8 Å². The Morgan fingerprint density at radius 3 is 0.679 bits per heavy atom. The lowest BCUT2D eigenvalue weighted by molar-refractivity contribution is 0.521. The molecule has 0 heterocycles. The Morgan fingerprint density at radius 1 is 0.321 bits per heavy atom. The second-order valence-electron chi connectivity index (χ2n) is 5.66. The van der Waals surface area contributed by atoms with Crippen molar-refractivity contribution in [2.45, 2.75) is 0 Å². The SMILES string of the molecule is O=P(=O)c1ccc(P(c2ccc(P(=O)=O)cc2)c2ccc(P(=O)=O)cc2)cc1. The lowest BCUT2D eigenvalue weighted by Gasteiger charge is -2.19. The van der Waals surface area contributed by atoms with E-state index < -0.39 is 31.0 Å². The minimum Gasteiger partial charge on any atom is -0.232 e. The molecule has 0 aliphatic rings. The van der Waals surface area contributed by atoms with Crippen LogP contribution in [0.4, 0.5) is 0 Å². The Balaban J connectivity index is 2.12. The third-order valence-corrected chi connectivity index (χ3v) is 8.56. The van der Waals surface area contributed by atoms with Gasteiger partial charge < -0.3 is 0 Å². The van der Waals surface area contributed by atoms with Crippen LogP contribution in [-0.4, -0.2) is 0 Å². The van der Waals surface area contributed by atoms with E-state index >= 15 is 0 Å². The fraction of sp³-hybridized carbons (Fsp3) is 0. The van der Waals surface area contributed by atoms with E-state index in [1.807, 2.05) is 0 Å². The van der Waals surface area contributed by atoms with E-state index in [-0.39, 0.29) is 15.9 Å². The van der Waals surface area contributed by atoms with Gasteiger partial charge in [-0.2, -0.15) is 0 Å². The highest BCUT2D eigenvalue weighted by Crippen LogP contribution is 2.32. The zero-order valence-electron chi connectivity index (χ0n) is 14.2. The zero-order chi connectivity index (χ0) is 20.3. The molecule has 0 unspecified atom stereocenters. The number of hydrogen-bond donors (Lipinski definition) is 0. The minimum absolute atomic E-state index is 0.200. The van der Waals surface area contributed by atoms with Crippen LogP contribution in [0, 0.1) is 0 Å². The molecule has 0 saturated carbocycles. The Morgan fingerprint density at radius 2 is 0.500 bits per heavy atom. The normalized spacial score (nSPS) is 10.6. The molecule has 0 atom stereocenters. The van der Waals surface area contributed by atoms with Gasteiger partial charge in [-0.15, -0.1) is 0 Å². The smallest absolute Gasteiger partial charge is 0.232 e. The lowest BCUT2D eigenvalue weighted by Crippen LogP contribution is -2.22. The maximum Gasteiger partial charge on any atom is 0.348 e. The van der Waals surface area contributed by atoms with E-state index in [4.69, 9.17) is 0 Å². The summed E-state index contributed by atoms with van der Waals surface area (Å²) in [7, 11) is -9.19. The molecule has 0 saturated heterocycles. The van der Waals surface area contributed by atoms with Gasteiger partial charge in [-0.25, -0.2) is 27.4 Å². The van der Waals surface area contributed by atoms with Crippen molar-refractivity contribution in [3.8, 4) is 0 Å². The van der Waals surface area contributed by atoms with E-state index in [0.717, 1.165) is 15.9 Å². The van der Waals surface area contributed by atoms with Crippen molar-refractivity contribution in [1.29, 1.82) is 0 Å². The van der Waals surface area contributed by atoms with Crippen molar-refractivity contribution in [1.82, 2.24) is 0 Å². The molecule has 140 valence electrons. The predicted molar refractivity (Wildman–Crippen MR) is 109 cm³/mol. The molecule has 0 aliphatic carbocycles. The third kappa shape index (κ3) is 4.61. The van der Waals surface area contributed by atoms with Crippen LogP contribution < -0.4 is 31.8 Å². The van der Waals surface area contributed by atoms with E-state index in [1.165, 1.54) is 36.4 Å². The highest BCUT2D eigenvalue weighted by Gasteiger charge is 2.18. The molecule has 3 aromatic carbocycles. The highest BCUT2D eigenvalue weighted by atomic mass is 31.1. The third-order valence-electron chi connectivity index (χ3n) is 3.96. The van der Waals surface area contributed by atoms with Crippen LogP contribution in [0.25, 0.3) is 0 Å². The molecule has 3 rings (SSSR count). The molecule has 28 heavy (non-hydrogen) atoms. The Kier molecular flexibility index (Phi) is 6.50. The van der Waals surface area contributed by atoms with E-state index in [9.17, 15) is 27.4 Å². The van der Waals surface area contributed by atoms with E-state index in [2.05, 4.69) is 0 Å². The van der Waals surface area contributed by atoms with Crippen molar-refractivity contribution in [2.24, 2.45) is 0 Å². The van der Waals surface area contributed by atoms with Crippen molar-refractivity contribution in [2.75, 3.05) is 0 Å². The summed E-state index contributed by atoms with van der Waals surface area (Å²) < 4.78 is 66.9. The van der Waals surface area contributed by atoms with Gasteiger partial charge in [0.15, 0.2) is 0 Å². The van der Waals surface area contributed by atoms with Gasteiger partial charge >= 0.3 is 23.0 Å². The lowest BCUT2D eigenvalue weighted by atomic mass is 10.3. The average molecular weight is 448 g/mol. The molecule has 0 aliphatic heterocycles. The van der Waals surface area contributed by atoms with Gasteiger partial charge in [0, 0.05) is 0 Å². The minimum atomic E-state index is -2.69. The summed E-state index contributed by atoms with van der Waals surface area (Å²) >= 11 is 0. The molecule has 0 fully saturated rings. The topological polar surface area (TPSA) is 102 Å². The monoisotopic (exact) mass is 448 g/mol. The standard InChI is InChI=1S/C18H12O6P4/c19-26(20)16-7-1-13(2-8-16)25(14-3-9-17(10-4-14)27(21)22)15-5-11-18(12-6-15)28(23)24/h1-12H. The number of rotatable bonds is 6. The molecule has 0 N–H and O–H groups in total. The first kappa shape index (κ1) is 20.5. The van der Waals surface area contributed by atoms with Gasteiger partial charge in [0.05, 0.1) is 15.9 Å². The molecule has 0 spiro atoms. The van der Waals surface area contributed by atoms with Crippen LogP contribution >= 0.6 is 31.0 Å². The summed E-state index contributed by atoms with van der Waals surface area (Å²) in [4.78, 5) is 0. The fourth-order valence-corrected chi connectivity index (χ4v) is 6.03. The maximum absolute atomic E-state index is 11.2. The average Bonchev–Trinajstić information content (AvgIpc) is 2.69. The van der Waals surface area contributed by atoms with Gasteiger partial charge in [0.25, 0.3) is 0 Å². The molecular formula is C18H12O6P4. The Hall–Kier alpha value is -2.21. The largest absolute Gasteiger partial charge is 0.348 e. The van der Waals surface area contributed by atoms with Gasteiger partial charge in [-0.3, -0.25) is 0 Å². The molecule has 0 bridgehead atoms. The van der Waals surface area contributed by atoms with Gasteiger partial charge in [0.1, 0.15) is 0 Å². The predicted octanol–water partition coefficient (Wildman–Crippen LogP) is 2.84. The summed E-state index contributed by atoms with van der Waals surface area (Å²) in [6.45, 7) is 0. The van der Waals surface area contributed by atoms with Crippen molar-refractivity contribution < 1.29 is 27.4 Å². The quantitative estimate of drug-likeness (QED) is 0.538. The van der Waals surface area contributed by atoms with Crippen molar-refractivity contribution in [3.63, 3.8) is 0 Å². The number of benzene rings is 3. The van der Waals surface area contributed by atoms with Gasteiger partial charge in [-0.1, -0.05) is 36.4 Å². The van der Waals surface area contributed by atoms with Crippen LogP contribution in [0.5, 0.6) is 0 Å². The van der Waals surface area contributed by atoms with Crippen LogP contribution in [0.3, 0.4) is 0 Å². The Bertz CT molecular complexity index is 1030. The first-order valence-electron chi connectivity index (χ1n) is 7.90. The fourth-order valence-electron chi connectivity index (χ4n) is 2.62. The molecule has 10 heteroatoms. The van der Waals surface area contributed by atoms with Crippen LogP contribution in [-0.2, 0) is 27.4 Å². The van der Waals surface area contributed by atoms with E-state index in [0.29, 0.717) is 0 Å². The summed E-state index contributed by atoms with van der Waals surface area (Å²) in [6, 6.07) is 19.4. The van der Waals surface area contributed by atoms with Crippen molar-refractivity contribution in [3.05, 3.63) is 72.8 Å². The molecule has 0 aromatic heterocycles. The first-order valence-corrected chi connectivity index (χ1v) is 12.8. The first-order chi connectivity index (χ1) is 13.4. The van der Waals surface area contributed by atoms with Crippen LogP contribution in [0.1, 0.15) is 0 Å². The second kappa shape index (κ2) is 8.86. The molecule has 3 aromatic rings. The summed E-state index contributed by atoms with van der Waals surface area (Å²) in [5.74, 6) is 0. The molecule has 0 radical (unpaired) electrons. The van der Waals surface area contributed by atoms with Gasteiger partial charge in [-0.05, 0) is 60.2 Å². The number of hydrogen-bond acceptors (Lipinski definition) is 6. The summed E-state index contributed by atoms with van der Waals surface area (Å²) in [6.07, 6.45) is 0. The van der Waals surface area contributed by atoms with Crippen LogP contribution in [0.15, 0.2) is 72.8 Å². The summed E-state index contributed by atoms with van der Waals surface area (Å²) in [5.41, 5.74) is 0. The molecule has 6 nitrogen and oxygen atoms in total. The Labute approximate surface area is 163 Å². The summed E-state index contributed by atoms with van der Waals surface area (Å²) in [5, 5.41) is 3.17.